The molecule has 1 aliphatic carbocycles. The fourth-order valence-electron chi connectivity index (χ4n) is 1.48. The van der Waals surface area contributed by atoms with E-state index in [0.29, 0.717) is 5.78 Å². The summed E-state index contributed by atoms with van der Waals surface area (Å²) in [7, 11) is 0. The number of hydrogen-bond acceptors (Lipinski definition) is 2. The molecule has 0 bridgehead atoms. The molecule has 74 valence electrons. The van der Waals surface area contributed by atoms with Crippen LogP contribution in [-0.2, 0) is 4.79 Å². The van der Waals surface area contributed by atoms with E-state index >= 15 is 0 Å². The molecule has 0 spiro atoms. The lowest BCUT2D eigenvalue weighted by Gasteiger charge is -2.20. The van der Waals surface area contributed by atoms with E-state index < -0.39 is 0 Å². The first kappa shape index (κ1) is 10.8. The van der Waals surface area contributed by atoms with Crippen LogP contribution in [0.15, 0.2) is 12.2 Å². The van der Waals surface area contributed by atoms with Gasteiger partial charge in [0.25, 0.3) is 0 Å². The molecule has 2 heteroatoms. The van der Waals surface area contributed by atoms with Gasteiger partial charge in [0.1, 0.15) is 5.78 Å². The van der Waals surface area contributed by atoms with Crippen LogP contribution in [0.1, 0.15) is 39.0 Å². The number of ketones is 1. The van der Waals surface area contributed by atoms with Gasteiger partial charge in [-0.25, -0.2) is 0 Å². The molecule has 0 amide bonds. The van der Waals surface area contributed by atoms with Crippen LogP contribution in [0.3, 0.4) is 0 Å². The van der Waals surface area contributed by atoms with Crippen molar-refractivity contribution in [2.24, 2.45) is 0 Å². The summed E-state index contributed by atoms with van der Waals surface area (Å²) in [6.45, 7) is 5.96. The molecule has 1 saturated carbocycles. The van der Waals surface area contributed by atoms with Crippen LogP contribution in [0.4, 0.5) is 0 Å². The number of carbonyl (C=O) groups is 1. The predicted octanol–water partition coefficient (Wildman–Crippen LogP) is 3.20. The Morgan fingerprint density at radius 2 is 2.15 bits per heavy atom. The number of rotatable bonds is 4. The van der Waals surface area contributed by atoms with Crippen LogP contribution in [0.5, 0.6) is 0 Å². The molecule has 0 saturated heterocycles. The SMILES string of the molecule is C=C(C)CCSC1CCC(=O)CC1. The summed E-state index contributed by atoms with van der Waals surface area (Å²) in [5.41, 5.74) is 1.26. The summed E-state index contributed by atoms with van der Waals surface area (Å²) in [6, 6.07) is 0. The van der Waals surface area contributed by atoms with Gasteiger partial charge in [0.15, 0.2) is 0 Å². The van der Waals surface area contributed by atoms with Gasteiger partial charge < -0.3 is 0 Å². The van der Waals surface area contributed by atoms with Crippen LogP contribution in [0.2, 0.25) is 0 Å². The smallest absolute Gasteiger partial charge is 0.132 e. The maximum Gasteiger partial charge on any atom is 0.132 e. The highest BCUT2D eigenvalue weighted by Crippen LogP contribution is 2.27. The van der Waals surface area contributed by atoms with E-state index in [4.69, 9.17) is 0 Å². The van der Waals surface area contributed by atoms with Crippen LogP contribution >= 0.6 is 11.8 Å². The topological polar surface area (TPSA) is 17.1 Å². The van der Waals surface area contributed by atoms with E-state index in [1.165, 1.54) is 11.3 Å². The third kappa shape index (κ3) is 4.51. The second-order valence-corrected chi connectivity index (χ2v) is 5.22. The minimum Gasteiger partial charge on any atom is -0.300 e. The van der Waals surface area contributed by atoms with E-state index in [0.717, 1.165) is 37.4 Å². The van der Waals surface area contributed by atoms with E-state index in [2.05, 4.69) is 13.5 Å². The van der Waals surface area contributed by atoms with Crippen molar-refractivity contribution in [3.63, 3.8) is 0 Å². The Kier molecular flexibility index (Phi) is 4.57. The lowest BCUT2D eigenvalue weighted by molar-refractivity contribution is -0.120. The number of carbonyl (C=O) groups excluding carboxylic acids is 1. The lowest BCUT2D eigenvalue weighted by atomic mass is 9.99. The number of hydrogen-bond donors (Lipinski definition) is 0. The van der Waals surface area contributed by atoms with Crippen LogP contribution in [0.25, 0.3) is 0 Å². The number of thioether (sulfide) groups is 1. The minimum atomic E-state index is 0.455. The van der Waals surface area contributed by atoms with E-state index in [1.807, 2.05) is 11.8 Å². The first-order valence-electron chi connectivity index (χ1n) is 4.96. The van der Waals surface area contributed by atoms with Crippen molar-refractivity contribution in [3.8, 4) is 0 Å². The molecule has 1 aliphatic rings. The Balaban J connectivity index is 2.09. The molecule has 0 aliphatic heterocycles. The van der Waals surface area contributed by atoms with Gasteiger partial charge in [0, 0.05) is 18.1 Å². The second-order valence-electron chi connectivity index (χ2n) is 3.82. The highest BCUT2D eigenvalue weighted by molar-refractivity contribution is 7.99. The second kappa shape index (κ2) is 5.48. The molecule has 0 heterocycles. The van der Waals surface area contributed by atoms with Crippen molar-refractivity contribution in [1.29, 1.82) is 0 Å². The third-order valence-corrected chi connectivity index (χ3v) is 3.76. The predicted molar refractivity (Wildman–Crippen MR) is 59.2 cm³/mol. The number of allylic oxidation sites excluding steroid dienone is 1. The standard InChI is InChI=1S/C11H18OS/c1-9(2)7-8-13-11-5-3-10(12)4-6-11/h11H,1,3-8H2,2H3. The van der Waals surface area contributed by atoms with Gasteiger partial charge in [-0.1, -0.05) is 5.57 Å². The van der Waals surface area contributed by atoms with Crippen LogP contribution in [-0.4, -0.2) is 16.8 Å². The van der Waals surface area contributed by atoms with E-state index in [9.17, 15) is 4.79 Å². The normalized spacial score (nSPS) is 19.0. The largest absolute Gasteiger partial charge is 0.300 e. The molecule has 0 aromatic rings. The fourth-order valence-corrected chi connectivity index (χ4v) is 2.85. The van der Waals surface area contributed by atoms with Crippen LogP contribution < -0.4 is 0 Å². The fraction of sp³-hybridized carbons (Fsp3) is 0.727. The zero-order valence-corrected chi connectivity index (χ0v) is 9.16. The van der Waals surface area contributed by atoms with Crippen molar-refractivity contribution in [1.82, 2.24) is 0 Å². The zero-order valence-electron chi connectivity index (χ0n) is 8.34. The lowest BCUT2D eigenvalue weighted by Crippen LogP contribution is -2.15. The molecule has 0 atom stereocenters. The molecule has 0 N–H and O–H groups in total. The summed E-state index contributed by atoms with van der Waals surface area (Å²) in [5, 5.41) is 0.733. The Labute approximate surface area is 85.0 Å². The maximum atomic E-state index is 11.0. The summed E-state index contributed by atoms with van der Waals surface area (Å²) >= 11 is 2.01. The molecule has 1 fully saturated rings. The Bertz CT molecular complexity index is 188. The van der Waals surface area contributed by atoms with Gasteiger partial charge in [-0.2, -0.15) is 11.8 Å². The van der Waals surface area contributed by atoms with Gasteiger partial charge in [0.2, 0.25) is 0 Å². The monoisotopic (exact) mass is 198 g/mol. The Morgan fingerprint density at radius 1 is 1.54 bits per heavy atom. The third-order valence-electron chi connectivity index (χ3n) is 2.37. The highest BCUT2D eigenvalue weighted by atomic mass is 32.2. The Hall–Kier alpha value is -0.240. The van der Waals surface area contributed by atoms with Gasteiger partial charge >= 0.3 is 0 Å². The van der Waals surface area contributed by atoms with Crippen LogP contribution in [0, 0.1) is 0 Å². The summed E-state index contributed by atoms with van der Waals surface area (Å²) in [5.74, 6) is 1.63. The molecule has 1 rings (SSSR count). The molecule has 1 nitrogen and oxygen atoms in total. The van der Waals surface area contributed by atoms with E-state index in [-0.39, 0.29) is 0 Å². The average molecular weight is 198 g/mol. The summed E-state index contributed by atoms with van der Waals surface area (Å²) in [4.78, 5) is 11.0. The first-order valence-corrected chi connectivity index (χ1v) is 6.01. The van der Waals surface area contributed by atoms with Crippen molar-refractivity contribution in [2.45, 2.75) is 44.3 Å². The van der Waals surface area contributed by atoms with Crippen molar-refractivity contribution >= 4 is 17.5 Å². The molecular formula is C11H18OS. The van der Waals surface area contributed by atoms with Gasteiger partial charge in [-0.05, 0) is 31.9 Å². The van der Waals surface area contributed by atoms with Crippen molar-refractivity contribution in [3.05, 3.63) is 12.2 Å². The van der Waals surface area contributed by atoms with Crippen molar-refractivity contribution in [2.75, 3.05) is 5.75 Å². The van der Waals surface area contributed by atoms with Gasteiger partial charge in [-0.3, -0.25) is 4.79 Å². The number of Topliss-reactive ketones (excluding diaryl/α,β-unsaturated/α-hetero) is 1. The molecule has 0 radical (unpaired) electrons. The molecule has 0 unspecified atom stereocenters. The minimum absolute atomic E-state index is 0.455. The average Bonchev–Trinajstić information content (AvgIpc) is 2.08. The molecule has 13 heavy (non-hydrogen) atoms. The quantitative estimate of drug-likeness (QED) is 0.645. The molecule has 0 aromatic heterocycles. The first-order chi connectivity index (χ1) is 6.18. The van der Waals surface area contributed by atoms with E-state index in [1.54, 1.807) is 0 Å². The zero-order chi connectivity index (χ0) is 9.68. The van der Waals surface area contributed by atoms with Gasteiger partial charge in [0.05, 0.1) is 0 Å². The maximum absolute atomic E-state index is 11.0. The highest BCUT2D eigenvalue weighted by Gasteiger charge is 2.18. The van der Waals surface area contributed by atoms with Gasteiger partial charge in [-0.15, -0.1) is 6.58 Å². The molecule has 0 aromatic carbocycles. The van der Waals surface area contributed by atoms with Crippen molar-refractivity contribution < 1.29 is 4.79 Å². The molecular weight excluding hydrogens is 180 g/mol. The summed E-state index contributed by atoms with van der Waals surface area (Å²) < 4.78 is 0. The Morgan fingerprint density at radius 3 is 2.69 bits per heavy atom. The summed E-state index contributed by atoms with van der Waals surface area (Å²) in [6.07, 6.45) is 4.93.